The number of fused-ring (bicyclic) bond motifs is 1. The first-order valence-electron chi connectivity index (χ1n) is 8.64. The molecular weight excluding hydrogens is 302 g/mol. The van der Waals surface area contributed by atoms with Crippen LogP contribution >= 0.6 is 0 Å². The van der Waals surface area contributed by atoms with Gasteiger partial charge in [0.25, 0.3) is 5.91 Å². The maximum absolute atomic E-state index is 12.9. The Bertz CT molecular complexity index is 740. The Labute approximate surface area is 142 Å². The number of pyridine rings is 1. The number of hydrogen-bond donors (Lipinski definition) is 0. The zero-order valence-corrected chi connectivity index (χ0v) is 14.2. The summed E-state index contributed by atoms with van der Waals surface area (Å²) in [6.45, 7) is 6.55. The molecule has 2 saturated heterocycles. The molecule has 2 atom stereocenters. The number of nitrogens with zero attached hydrogens (tertiary/aromatic N) is 3. The largest absolute Gasteiger partial charge is 0.466 e. The Morgan fingerprint density at radius 2 is 2.12 bits per heavy atom. The van der Waals surface area contributed by atoms with Crippen LogP contribution in [0.1, 0.15) is 40.3 Å². The van der Waals surface area contributed by atoms with Crippen molar-refractivity contribution in [2.24, 2.45) is 0 Å². The van der Waals surface area contributed by atoms with Gasteiger partial charge in [0.05, 0.1) is 5.56 Å². The molecule has 2 aliphatic rings. The lowest BCUT2D eigenvalue weighted by Crippen LogP contribution is -2.39. The zero-order chi connectivity index (χ0) is 16.7. The normalized spacial score (nSPS) is 23.7. The van der Waals surface area contributed by atoms with Crippen LogP contribution in [0, 0.1) is 13.8 Å². The van der Waals surface area contributed by atoms with Crippen LogP contribution in [-0.2, 0) is 6.54 Å². The van der Waals surface area contributed by atoms with E-state index in [2.05, 4.69) is 20.9 Å². The van der Waals surface area contributed by atoms with E-state index in [1.54, 1.807) is 0 Å². The molecule has 24 heavy (non-hydrogen) atoms. The summed E-state index contributed by atoms with van der Waals surface area (Å²) < 4.78 is 5.54. The summed E-state index contributed by atoms with van der Waals surface area (Å²) in [5.41, 5.74) is 1.96. The second kappa shape index (κ2) is 6.06. The molecule has 0 radical (unpaired) electrons. The van der Waals surface area contributed by atoms with Gasteiger partial charge in [0.2, 0.25) is 0 Å². The van der Waals surface area contributed by atoms with Crippen molar-refractivity contribution in [1.29, 1.82) is 0 Å². The summed E-state index contributed by atoms with van der Waals surface area (Å²) in [6.07, 6.45) is 5.84. The Morgan fingerprint density at radius 3 is 2.83 bits per heavy atom. The summed E-state index contributed by atoms with van der Waals surface area (Å²) in [5, 5.41) is 0. The number of rotatable bonds is 3. The predicted octanol–water partition coefficient (Wildman–Crippen LogP) is 2.78. The standard InChI is InChI=1S/C19H23N3O2/c1-13-10-16(14(2)24-13)19(23)22-9-6-17-18(22)5-8-21(17)12-15-4-3-7-20-11-15/h3-4,7,10-11,17-18H,5-6,8-9,12H2,1-2H3/t17-,18+/m1/s1. The Hall–Kier alpha value is -2.14. The number of carbonyl (C=O) groups is 1. The highest BCUT2D eigenvalue weighted by molar-refractivity contribution is 5.95. The number of aromatic nitrogens is 1. The third-order valence-electron chi connectivity index (χ3n) is 5.33. The fourth-order valence-electron chi connectivity index (χ4n) is 4.25. The predicted molar refractivity (Wildman–Crippen MR) is 90.7 cm³/mol. The minimum absolute atomic E-state index is 0.125. The number of likely N-dealkylation sites (tertiary alicyclic amines) is 2. The van der Waals surface area contributed by atoms with Crippen LogP contribution in [0.5, 0.6) is 0 Å². The van der Waals surface area contributed by atoms with Gasteiger partial charge in [-0.2, -0.15) is 0 Å². The smallest absolute Gasteiger partial charge is 0.257 e. The lowest BCUT2D eigenvalue weighted by molar-refractivity contribution is 0.0730. The van der Waals surface area contributed by atoms with Crippen molar-refractivity contribution in [3.63, 3.8) is 0 Å². The molecule has 1 amide bonds. The van der Waals surface area contributed by atoms with Gasteiger partial charge in [-0.15, -0.1) is 0 Å². The highest BCUT2D eigenvalue weighted by Crippen LogP contribution is 2.34. The first-order chi connectivity index (χ1) is 11.6. The Kier molecular flexibility index (Phi) is 3.88. The van der Waals surface area contributed by atoms with Crippen molar-refractivity contribution in [1.82, 2.24) is 14.8 Å². The van der Waals surface area contributed by atoms with Crippen molar-refractivity contribution < 1.29 is 9.21 Å². The van der Waals surface area contributed by atoms with Gasteiger partial charge in [-0.05, 0) is 44.4 Å². The average molecular weight is 325 g/mol. The van der Waals surface area contributed by atoms with Crippen LogP contribution in [0.3, 0.4) is 0 Å². The highest BCUT2D eigenvalue weighted by Gasteiger charge is 2.44. The van der Waals surface area contributed by atoms with Crippen molar-refractivity contribution in [3.8, 4) is 0 Å². The summed E-state index contributed by atoms with van der Waals surface area (Å²) in [6, 6.07) is 6.76. The topological polar surface area (TPSA) is 49.6 Å². The van der Waals surface area contributed by atoms with Gasteiger partial charge in [0.15, 0.2) is 0 Å². The van der Waals surface area contributed by atoms with E-state index in [1.807, 2.05) is 38.4 Å². The van der Waals surface area contributed by atoms with E-state index in [-0.39, 0.29) is 5.91 Å². The molecule has 2 aromatic heterocycles. The summed E-state index contributed by atoms with van der Waals surface area (Å²) in [4.78, 5) is 21.7. The molecule has 2 aromatic rings. The van der Waals surface area contributed by atoms with E-state index in [9.17, 15) is 4.79 Å². The molecule has 0 saturated carbocycles. The molecule has 4 rings (SSSR count). The minimum Gasteiger partial charge on any atom is -0.466 e. The number of aryl methyl sites for hydroxylation is 2. The van der Waals surface area contributed by atoms with E-state index in [1.165, 1.54) is 5.56 Å². The van der Waals surface area contributed by atoms with Crippen LogP contribution < -0.4 is 0 Å². The lowest BCUT2D eigenvalue weighted by atomic mass is 10.1. The van der Waals surface area contributed by atoms with Gasteiger partial charge in [-0.1, -0.05) is 6.07 Å². The molecule has 2 fully saturated rings. The highest BCUT2D eigenvalue weighted by atomic mass is 16.3. The molecule has 0 aromatic carbocycles. The maximum atomic E-state index is 12.9. The van der Waals surface area contributed by atoms with Crippen molar-refractivity contribution in [2.75, 3.05) is 13.1 Å². The van der Waals surface area contributed by atoms with E-state index in [0.29, 0.717) is 12.1 Å². The van der Waals surface area contributed by atoms with Crippen molar-refractivity contribution >= 4 is 5.91 Å². The molecule has 0 spiro atoms. The van der Waals surface area contributed by atoms with Crippen LogP contribution in [-0.4, -0.2) is 45.9 Å². The van der Waals surface area contributed by atoms with Crippen molar-refractivity contribution in [3.05, 3.63) is 53.2 Å². The van der Waals surface area contributed by atoms with E-state index in [0.717, 1.165) is 49.6 Å². The van der Waals surface area contributed by atoms with Gasteiger partial charge in [-0.3, -0.25) is 14.7 Å². The number of amides is 1. The second-order valence-electron chi connectivity index (χ2n) is 6.87. The Morgan fingerprint density at radius 1 is 1.29 bits per heavy atom. The molecule has 5 nitrogen and oxygen atoms in total. The first-order valence-corrected chi connectivity index (χ1v) is 8.64. The number of hydrogen-bond acceptors (Lipinski definition) is 4. The van der Waals surface area contributed by atoms with Gasteiger partial charge in [0.1, 0.15) is 11.5 Å². The third kappa shape index (κ3) is 2.63. The maximum Gasteiger partial charge on any atom is 0.257 e. The molecule has 2 aliphatic heterocycles. The quantitative estimate of drug-likeness (QED) is 0.871. The number of furan rings is 1. The molecule has 0 bridgehead atoms. The molecule has 5 heteroatoms. The second-order valence-corrected chi connectivity index (χ2v) is 6.87. The van der Waals surface area contributed by atoms with Gasteiger partial charge >= 0.3 is 0 Å². The van der Waals surface area contributed by atoms with Crippen molar-refractivity contribution in [2.45, 2.75) is 45.3 Å². The molecule has 4 heterocycles. The fourth-order valence-corrected chi connectivity index (χ4v) is 4.25. The van der Waals surface area contributed by atoms with Crippen LogP contribution in [0.25, 0.3) is 0 Å². The zero-order valence-electron chi connectivity index (χ0n) is 14.2. The van der Waals surface area contributed by atoms with Crippen LogP contribution in [0.15, 0.2) is 35.0 Å². The molecular formula is C19H23N3O2. The number of carbonyl (C=O) groups excluding carboxylic acids is 1. The summed E-state index contributed by atoms with van der Waals surface area (Å²) >= 11 is 0. The Balaban J connectivity index is 1.48. The fraction of sp³-hybridized carbons (Fsp3) is 0.474. The molecule has 126 valence electrons. The van der Waals surface area contributed by atoms with Gasteiger partial charge in [0, 0.05) is 44.1 Å². The lowest BCUT2D eigenvalue weighted by Gasteiger charge is -2.25. The monoisotopic (exact) mass is 325 g/mol. The minimum atomic E-state index is 0.125. The first kappa shape index (κ1) is 15.4. The van der Waals surface area contributed by atoms with E-state index >= 15 is 0 Å². The third-order valence-corrected chi connectivity index (χ3v) is 5.33. The molecule has 0 aliphatic carbocycles. The van der Waals surface area contributed by atoms with Gasteiger partial charge in [-0.25, -0.2) is 0 Å². The summed E-state index contributed by atoms with van der Waals surface area (Å²) in [7, 11) is 0. The van der Waals surface area contributed by atoms with E-state index in [4.69, 9.17) is 4.42 Å². The average Bonchev–Trinajstić information content (AvgIpc) is 3.24. The SMILES string of the molecule is Cc1cc(C(=O)N2CC[C@@H]3[C@@H]2CCN3Cc2cccnc2)c(C)o1. The van der Waals surface area contributed by atoms with Crippen LogP contribution in [0.4, 0.5) is 0 Å². The summed E-state index contributed by atoms with van der Waals surface area (Å²) in [5.74, 6) is 1.66. The molecule has 0 unspecified atom stereocenters. The van der Waals surface area contributed by atoms with E-state index < -0.39 is 0 Å². The van der Waals surface area contributed by atoms with Crippen LogP contribution in [0.2, 0.25) is 0 Å². The molecule has 0 N–H and O–H groups in total. The van der Waals surface area contributed by atoms with Gasteiger partial charge < -0.3 is 9.32 Å².